The number of nitrogens with one attached hydrogen (secondary N) is 1. The lowest BCUT2D eigenvalue weighted by atomic mass is 10.1. The van der Waals surface area contributed by atoms with Crippen LogP contribution in [0.2, 0.25) is 0 Å². The van der Waals surface area contributed by atoms with Crippen molar-refractivity contribution >= 4 is 0 Å². The zero-order valence-corrected chi connectivity index (χ0v) is 6.83. The lowest BCUT2D eigenvalue weighted by Gasteiger charge is -1.99. The molecule has 0 atom stereocenters. The molecule has 2 aromatic rings. The summed E-state index contributed by atoms with van der Waals surface area (Å²) in [5, 5.41) is 0. The molecule has 2 heteroatoms. The van der Waals surface area contributed by atoms with Crippen LogP contribution in [-0.2, 0) is 0 Å². The molecule has 0 saturated heterocycles. The summed E-state index contributed by atoms with van der Waals surface area (Å²) in [5.41, 5.74) is 3.09. The smallest absolute Gasteiger partial charge is 0.104 e. The molecule has 0 aliphatic heterocycles. The molecule has 1 N–H and O–H groups in total. The Balaban J connectivity index is 2.52. The molecule has 0 amide bonds. The number of aryl methyl sites for hydroxylation is 1. The van der Waals surface area contributed by atoms with E-state index in [1.54, 1.807) is 6.20 Å². The summed E-state index contributed by atoms with van der Waals surface area (Å²) in [6.07, 6.45) is 1.96. The van der Waals surface area contributed by atoms with Crippen molar-refractivity contribution in [3.63, 3.8) is 0 Å². The van der Waals surface area contributed by atoms with E-state index in [1.807, 2.05) is 31.2 Å². The minimum absolute atomic E-state index is 0.207. The third-order valence-corrected chi connectivity index (χ3v) is 1.87. The largest absolute Gasteiger partial charge is 0.351 e. The standard InChI is InChI=1S/C10H10N2/c1-8-4-2-3-5-9(8)10-6-11-7-12-10/h2-7H,1H3,(H,11,12)/i7D. The van der Waals surface area contributed by atoms with Crippen LogP contribution in [0.4, 0.5) is 0 Å². The number of hydrogen-bond donors (Lipinski definition) is 1. The molecule has 1 aromatic heterocycles. The van der Waals surface area contributed by atoms with Gasteiger partial charge in [0.25, 0.3) is 0 Å². The Morgan fingerprint density at radius 3 is 2.92 bits per heavy atom. The maximum Gasteiger partial charge on any atom is 0.104 e. The van der Waals surface area contributed by atoms with Gasteiger partial charge in [-0.05, 0) is 12.5 Å². The van der Waals surface area contributed by atoms with Crippen LogP contribution in [-0.4, -0.2) is 9.97 Å². The van der Waals surface area contributed by atoms with E-state index in [0.29, 0.717) is 0 Å². The second-order valence-electron chi connectivity index (χ2n) is 2.71. The van der Waals surface area contributed by atoms with Gasteiger partial charge in [-0.25, -0.2) is 4.98 Å². The van der Waals surface area contributed by atoms with Crippen molar-refractivity contribution in [2.75, 3.05) is 0 Å². The van der Waals surface area contributed by atoms with E-state index in [2.05, 4.69) is 9.97 Å². The highest BCUT2D eigenvalue weighted by Gasteiger charge is 2.00. The predicted octanol–water partition coefficient (Wildman–Crippen LogP) is 2.39. The Bertz CT molecular complexity index is 420. The van der Waals surface area contributed by atoms with E-state index in [1.165, 1.54) is 5.56 Å². The van der Waals surface area contributed by atoms with Crippen molar-refractivity contribution in [2.24, 2.45) is 0 Å². The molecular weight excluding hydrogens is 148 g/mol. The summed E-state index contributed by atoms with van der Waals surface area (Å²) in [6.45, 7) is 2.04. The monoisotopic (exact) mass is 159 g/mol. The minimum Gasteiger partial charge on any atom is -0.351 e. The third kappa shape index (κ3) is 1.11. The molecule has 0 saturated carbocycles. The van der Waals surface area contributed by atoms with Gasteiger partial charge in [0, 0.05) is 11.8 Å². The number of imidazole rings is 1. The molecule has 0 fully saturated rings. The summed E-state index contributed by atoms with van der Waals surface area (Å²) in [4.78, 5) is 6.80. The average molecular weight is 159 g/mol. The van der Waals surface area contributed by atoms with Gasteiger partial charge in [0.1, 0.15) is 1.37 Å². The predicted molar refractivity (Wildman–Crippen MR) is 48.8 cm³/mol. The van der Waals surface area contributed by atoms with Crippen LogP contribution in [0.15, 0.2) is 36.8 Å². The Labute approximate surface area is 72.7 Å². The van der Waals surface area contributed by atoms with Gasteiger partial charge in [0.2, 0.25) is 0 Å². The van der Waals surface area contributed by atoms with E-state index >= 15 is 0 Å². The lowest BCUT2D eigenvalue weighted by Crippen LogP contribution is -1.80. The quantitative estimate of drug-likeness (QED) is 0.680. The van der Waals surface area contributed by atoms with Crippen molar-refractivity contribution in [1.29, 1.82) is 0 Å². The molecule has 2 nitrogen and oxygen atoms in total. The molecule has 0 aliphatic carbocycles. The van der Waals surface area contributed by atoms with Gasteiger partial charge in [0.15, 0.2) is 0 Å². The Morgan fingerprint density at radius 2 is 2.25 bits per heavy atom. The second kappa shape index (κ2) is 2.81. The number of rotatable bonds is 1. The van der Waals surface area contributed by atoms with Crippen LogP contribution in [0, 0.1) is 6.92 Å². The summed E-state index contributed by atoms with van der Waals surface area (Å²) in [7, 11) is 0. The van der Waals surface area contributed by atoms with Crippen molar-refractivity contribution < 1.29 is 1.37 Å². The first kappa shape index (κ1) is 6.00. The highest BCUT2D eigenvalue weighted by atomic mass is 14.9. The summed E-state index contributed by atoms with van der Waals surface area (Å²) >= 11 is 0. The maximum absolute atomic E-state index is 7.27. The molecule has 0 spiro atoms. The highest BCUT2D eigenvalue weighted by molar-refractivity contribution is 5.62. The van der Waals surface area contributed by atoms with Gasteiger partial charge in [-0.1, -0.05) is 24.3 Å². The first-order valence-corrected chi connectivity index (χ1v) is 3.85. The minimum atomic E-state index is 0.207. The maximum atomic E-state index is 7.27. The molecule has 0 unspecified atom stereocenters. The van der Waals surface area contributed by atoms with Crippen molar-refractivity contribution in [2.45, 2.75) is 6.92 Å². The lowest BCUT2D eigenvalue weighted by molar-refractivity contribution is 1.31. The second-order valence-corrected chi connectivity index (χ2v) is 2.71. The normalized spacial score (nSPS) is 11.2. The van der Waals surface area contributed by atoms with Crippen LogP contribution in [0.5, 0.6) is 0 Å². The number of nitrogens with zero attached hydrogens (tertiary/aromatic N) is 1. The molecule has 2 rings (SSSR count). The van der Waals surface area contributed by atoms with Crippen molar-refractivity contribution in [3.05, 3.63) is 42.3 Å². The van der Waals surface area contributed by atoms with Gasteiger partial charge >= 0.3 is 0 Å². The van der Waals surface area contributed by atoms with Crippen LogP contribution in [0.1, 0.15) is 6.93 Å². The number of hydrogen-bond acceptors (Lipinski definition) is 1. The van der Waals surface area contributed by atoms with E-state index in [0.717, 1.165) is 11.3 Å². The molecule has 1 aromatic carbocycles. The van der Waals surface area contributed by atoms with Crippen LogP contribution in [0.3, 0.4) is 0 Å². The fourth-order valence-corrected chi connectivity index (χ4v) is 1.22. The van der Waals surface area contributed by atoms with Crippen molar-refractivity contribution in [1.82, 2.24) is 9.97 Å². The zero-order valence-electron chi connectivity index (χ0n) is 7.83. The van der Waals surface area contributed by atoms with Crippen LogP contribution >= 0.6 is 0 Å². The fourth-order valence-electron chi connectivity index (χ4n) is 1.22. The average Bonchev–Trinajstić information content (AvgIpc) is 2.53. The van der Waals surface area contributed by atoms with Gasteiger partial charge in [-0.2, -0.15) is 0 Å². The van der Waals surface area contributed by atoms with E-state index in [4.69, 9.17) is 1.37 Å². The topological polar surface area (TPSA) is 28.7 Å². The molecule has 1 heterocycles. The van der Waals surface area contributed by atoms with Crippen molar-refractivity contribution in [3.8, 4) is 11.3 Å². The van der Waals surface area contributed by atoms with Gasteiger partial charge in [-0.15, -0.1) is 0 Å². The highest BCUT2D eigenvalue weighted by Crippen LogP contribution is 2.19. The molecule has 60 valence electrons. The Kier molecular flexibility index (Phi) is 1.41. The number of H-pyrrole nitrogens is 1. The fraction of sp³-hybridized carbons (Fsp3) is 0.100. The number of aromatic nitrogens is 2. The number of aromatic amines is 1. The van der Waals surface area contributed by atoms with E-state index in [9.17, 15) is 0 Å². The number of benzene rings is 1. The molecular formula is C10H10N2. The zero-order chi connectivity index (χ0) is 9.26. The molecule has 12 heavy (non-hydrogen) atoms. The van der Waals surface area contributed by atoms with Gasteiger partial charge in [-0.3, -0.25) is 0 Å². The Hall–Kier alpha value is -1.57. The van der Waals surface area contributed by atoms with E-state index in [-0.39, 0.29) is 6.30 Å². The Morgan fingerprint density at radius 1 is 1.42 bits per heavy atom. The summed E-state index contributed by atoms with van der Waals surface area (Å²) in [5.74, 6) is 0. The first-order chi connectivity index (χ1) is 6.27. The van der Waals surface area contributed by atoms with Gasteiger partial charge in [0.05, 0.1) is 12.0 Å². The van der Waals surface area contributed by atoms with Gasteiger partial charge < -0.3 is 4.98 Å². The molecule has 0 aliphatic rings. The SMILES string of the molecule is [2H]c1nc(-c2ccccc2C)c[nH]1. The van der Waals surface area contributed by atoms with Crippen LogP contribution < -0.4 is 0 Å². The van der Waals surface area contributed by atoms with E-state index < -0.39 is 0 Å². The third-order valence-electron chi connectivity index (χ3n) is 1.87. The molecule has 0 bridgehead atoms. The molecule has 0 radical (unpaired) electrons. The first-order valence-electron chi connectivity index (χ1n) is 4.35. The summed E-state index contributed by atoms with van der Waals surface area (Å²) < 4.78 is 7.27. The van der Waals surface area contributed by atoms with Crippen LogP contribution in [0.25, 0.3) is 11.3 Å². The summed E-state index contributed by atoms with van der Waals surface area (Å²) in [6, 6.07) is 8.01.